The van der Waals surface area contributed by atoms with Crippen LogP contribution in [0.25, 0.3) is 0 Å². The van der Waals surface area contributed by atoms with Gasteiger partial charge >= 0.3 is 0 Å². The van der Waals surface area contributed by atoms with Crippen LogP contribution in [0.15, 0.2) is 78.9 Å². The second-order valence-corrected chi connectivity index (χ2v) is 7.00. The molecule has 138 valence electrons. The molecule has 3 rings (SSSR count). The predicted octanol–water partition coefficient (Wildman–Crippen LogP) is 6.09. The molecule has 4 heteroatoms. The van der Waals surface area contributed by atoms with Gasteiger partial charge in [0.25, 0.3) is 0 Å². The van der Waals surface area contributed by atoms with Gasteiger partial charge in [-0.25, -0.2) is 4.39 Å². The minimum Gasteiger partial charge on any atom is -0.338 e. The highest BCUT2D eigenvalue weighted by Gasteiger charge is 2.20. The minimum atomic E-state index is -0.317. The molecule has 0 fully saturated rings. The Labute approximate surface area is 165 Å². The molecule has 0 heterocycles. The summed E-state index contributed by atoms with van der Waals surface area (Å²) in [6, 6.07) is 25.2. The van der Waals surface area contributed by atoms with Crippen LogP contribution in [0, 0.1) is 12.7 Å². The van der Waals surface area contributed by atoms with Gasteiger partial charge in [-0.1, -0.05) is 72.3 Å². The molecule has 3 aromatic rings. The van der Waals surface area contributed by atoms with E-state index in [0.29, 0.717) is 17.3 Å². The fraction of sp³-hybridized carbons (Fsp3) is 0.174. The standard InChI is InChI=1S/C23H23FN2S/c1-17-12-14-19(15-13-17)16-26(18(2)20-8-4-3-5-9-20)23(27)25-22-11-7-6-10-21(22)24/h3-15,18H,16H2,1-2H3,(H,25,27)/t18-/m1/s1. The van der Waals surface area contributed by atoms with E-state index >= 15 is 0 Å². The molecule has 1 atom stereocenters. The third-order valence-corrected chi connectivity index (χ3v) is 4.94. The molecular formula is C23H23FN2S. The van der Waals surface area contributed by atoms with Gasteiger partial charge in [-0.05, 0) is 49.3 Å². The van der Waals surface area contributed by atoms with Crippen LogP contribution in [0.3, 0.4) is 0 Å². The number of halogens is 1. The molecule has 0 aliphatic heterocycles. The van der Waals surface area contributed by atoms with Crippen LogP contribution < -0.4 is 5.32 Å². The van der Waals surface area contributed by atoms with Gasteiger partial charge in [0.05, 0.1) is 11.7 Å². The average Bonchev–Trinajstić information content (AvgIpc) is 2.69. The van der Waals surface area contributed by atoms with Gasteiger partial charge in [-0.2, -0.15) is 0 Å². The number of nitrogens with one attached hydrogen (secondary N) is 1. The smallest absolute Gasteiger partial charge is 0.174 e. The van der Waals surface area contributed by atoms with Crippen LogP contribution >= 0.6 is 12.2 Å². The average molecular weight is 379 g/mol. The Morgan fingerprint density at radius 1 is 0.963 bits per heavy atom. The number of anilines is 1. The van der Waals surface area contributed by atoms with E-state index in [1.54, 1.807) is 18.2 Å². The summed E-state index contributed by atoms with van der Waals surface area (Å²) in [5, 5.41) is 3.57. The number of rotatable bonds is 5. The first-order valence-corrected chi connectivity index (χ1v) is 9.38. The Morgan fingerprint density at radius 3 is 2.26 bits per heavy atom. The molecule has 3 aromatic carbocycles. The zero-order chi connectivity index (χ0) is 19.2. The van der Waals surface area contributed by atoms with E-state index < -0.39 is 0 Å². The number of aryl methyl sites for hydroxylation is 1. The number of hydrogen-bond acceptors (Lipinski definition) is 1. The number of nitrogens with zero attached hydrogens (tertiary/aromatic N) is 1. The van der Waals surface area contributed by atoms with E-state index in [4.69, 9.17) is 12.2 Å². The van der Waals surface area contributed by atoms with Crippen molar-refractivity contribution >= 4 is 23.0 Å². The van der Waals surface area contributed by atoms with Crippen LogP contribution in [0.2, 0.25) is 0 Å². The quantitative estimate of drug-likeness (QED) is 0.541. The van der Waals surface area contributed by atoms with Gasteiger partial charge in [0.2, 0.25) is 0 Å². The third kappa shape index (κ3) is 4.92. The Kier molecular flexibility index (Phi) is 6.20. The molecule has 0 unspecified atom stereocenters. The van der Waals surface area contributed by atoms with Crippen molar-refractivity contribution in [3.63, 3.8) is 0 Å². The summed E-state index contributed by atoms with van der Waals surface area (Å²) in [7, 11) is 0. The van der Waals surface area contributed by atoms with Crippen molar-refractivity contribution in [1.29, 1.82) is 0 Å². The third-order valence-electron chi connectivity index (χ3n) is 4.60. The number of hydrogen-bond donors (Lipinski definition) is 1. The highest BCUT2D eigenvalue weighted by atomic mass is 32.1. The van der Waals surface area contributed by atoms with Gasteiger partial charge in [0, 0.05) is 6.54 Å². The number of benzene rings is 3. The van der Waals surface area contributed by atoms with Crippen LogP contribution in [-0.2, 0) is 6.54 Å². The maximum atomic E-state index is 14.1. The Bertz CT molecular complexity index is 894. The fourth-order valence-electron chi connectivity index (χ4n) is 2.94. The number of thiocarbonyl (C=S) groups is 1. The molecule has 0 bridgehead atoms. The molecule has 1 N–H and O–H groups in total. The van der Waals surface area contributed by atoms with E-state index in [-0.39, 0.29) is 11.9 Å². The molecule has 0 aliphatic carbocycles. The summed E-state index contributed by atoms with van der Waals surface area (Å²) < 4.78 is 14.1. The largest absolute Gasteiger partial charge is 0.338 e. The zero-order valence-corrected chi connectivity index (χ0v) is 16.3. The maximum Gasteiger partial charge on any atom is 0.174 e. The first kappa shape index (κ1) is 19.1. The Balaban J connectivity index is 1.87. The molecule has 0 radical (unpaired) electrons. The number of para-hydroxylation sites is 1. The second kappa shape index (κ2) is 8.78. The van der Waals surface area contributed by atoms with Crippen LogP contribution in [0.4, 0.5) is 10.1 Å². The predicted molar refractivity (Wildman–Crippen MR) is 114 cm³/mol. The summed E-state index contributed by atoms with van der Waals surface area (Å²) in [5.41, 5.74) is 3.91. The first-order chi connectivity index (χ1) is 13.0. The normalized spacial score (nSPS) is 11.7. The molecule has 27 heavy (non-hydrogen) atoms. The summed E-state index contributed by atoms with van der Waals surface area (Å²) in [4.78, 5) is 2.09. The monoisotopic (exact) mass is 378 g/mol. The first-order valence-electron chi connectivity index (χ1n) is 8.97. The molecule has 0 spiro atoms. The van der Waals surface area contributed by atoms with Crippen molar-refractivity contribution in [2.24, 2.45) is 0 Å². The summed E-state index contributed by atoms with van der Waals surface area (Å²) in [5.74, 6) is -0.317. The van der Waals surface area contributed by atoms with Crippen molar-refractivity contribution in [3.8, 4) is 0 Å². The highest BCUT2D eigenvalue weighted by Crippen LogP contribution is 2.24. The molecule has 0 saturated heterocycles. The highest BCUT2D eigenvalue weighted by molar-refractivity contribution is 7.80. The topological polar surface area (TPSA) is 15.3 Å². The lowest BCUT2D eigenvalue weighted by Gasteiger charge is -2.32. The second-order valence-electron chi connectivity index (χ2n) is 6.61. The summed E-state index contributed by atoms with van der Waals surface area (Å²) >= 11 is 5.67. The molecular weight excluding hydrogens is 355 g/mol. The van der Waals surface area contributed by atoms with Crippen molar-refractivity contribution in [2.75, 3.05) is 5.32 Å². The summed E-state index contributed by atoms with van der Waals surface area (Å²) in [6.45, 7) is 4.81. The SMILES string of the molecule is Cc1ccc(CN(C(=S)Nc2ccccc2F)[C@H](C)c2ccccc2)cc1. The van der Waals surface area contributed by atoms with E-state index in [9.17, 15) is 4.39 Å². The molecule has 0 amide bonds. The van der Waals surface area contributed by atoms with Gasteiger partial charge in [-0.15, -0.1) is 0 Å². The summed E-state index contributed by atoms with van der Waals surface area (Å²) in [6.07, 6.45) is 0. The van der Waals surface area contributed by atoms with Crippen molar-refractivity contribution in [3.05, 3.63) is 101 Å². The Morgan fingerprint density at radius 2 is 1.59 bits per heavy atom. The Hall–Kier alpha value is -2.72. The van der Waals surface area contributed by atoms with Crippen LogP contribution in [-0.4, -0.2) is 10.0 Å². The molecule has 0 aromatic heterocycles. The van der Waals surface area contributed by atoms with Crippen LogP contribution in [0.5, 0.6) is 0 Å². The molecule has 0 aliphatic rings. The lowest BCUT2D eigenvalue weighted by molar-refractivity contribution is 0.334. The zero-order valence-electron chi connectivity index (χ0n) is 15.5. The molecule has 2 nitrogen and oxygen atoms in total. The van der Waals surface area contributed by atoms with E-state index in [1.807, 2.05) is 18.2 Å². The molecule has 0 saturated carbocycles. The van der Waals surface area contributed by atoms with E-state index in [0.717, 1.165) is 11.1 Å². The fourth-order valence-corrected chi connectivity index (χ4v) is 3.27. The lowest BCUT2D eigenvalue weighted by Crippen LogP contribution is -2.36. The van der Waals surface area contributed by atoms with Crippen LogP contribution in [0.1, 0.15) is 29.7 Å². The van der Waals surface area contributed by atoms with Crippen molar-refractivity contribution in [2.45, 2.75) is 26.4 Å². The van der Waals surface area contributed by atoms with E-state index in [2.05, 4.69) is 60.5 Å². The van der Waals surface area contributed by atoms with Gasteiger partial charge in [0.1, 0.15) is 5.82 Å². The lowest BCUT2D eigenvalue weighted by atomic mass is 10.1. The van der Waals surface area contributed by atoms with Gasteiger partial charge < -0.3 is 10.2 Å². The van der Waals surface area contributed by atoms with E-state index in [1.165, 1.54) is 11.6 Å². The van der Waals surface area contributed by atoms with Crippen molar-refractivity contribution < 1.29 is 4.39 Å². The maximum absolute atomic E-state index is 14.1. The van der Waals surface area contributed by atoms with Crippen molar-refractivity contribution in [1.82, 2.24) is 4.90 Å². The minimum absolute atomic E-state index is 0.0410. The van der Waals surface area contributed by atoms with Gasteiger partial charge in [0.15, 0.2) is 5.11 Å². The van der Waals surface area contributed by atoms with Gasteiger partial charge in [-0.3, -0.25) is 0 Å².